The van der Waals surface area contributed by atoms with Crippen molar-refractivity contribution < 1.29 is 5.11 Å². The summed E-state index contributed by atoms with van der Waals surface area (Å²) in [5.41, 5.74) is 4.95. The Labute approximate surface area is 219 Å². The van der Waals surface area contributed by atoms with Crippen LogP contribution in [-0.4, -0.2) is 43.1 Å². The second-order valence-corrected chi connectivity index (χ2v) is 10.4. The predicted molar refractivity (Wildman–Crippen MR) is 147 cm³/mol. The van der Waals surface area contributed by atoms with Gasteiger partial charge in [0.05, 0.1) is 0 Å². The number of nitrogens with zero attached hydrogens (tertiary/aromatic N) is 5. The summed E-state index contributed by atoms with van der Waals surface area (Å²) in [7, 11) is 2.15. The number of aromatic nitrogens is 4. The average Bonchev–Trinajstić information content (AvgIpc) is 3.59. The first-order valence-corrected chi connectivity index (χ1v) is 13.0. The molecule has 0 fully saturated rings. The van der Waals surface area contributed by atoms with Crippen molar-refractivity contribution in [1.82, 2.24) is 24.4 Å². The number of hydrogen-bond donors (Lipinski definition) is 2. The van der Waals surface area contributed by atoms with Crippen molar-refractivity contribution in [3.05, 3.63) is 94.2 Å². The van der Waals surface area contributed by atoms with Gasteiger partial charge in [-0.3, -0.25) is 0 Å². The molecule has 0 bridgehead atoms. The summed E-state index contributed by atoms with van der Waals surface area (Å²) in [6.07, 6.45) is 6.56. The fraction of sp³-hybridized carbons (Fsp3) is 0.207. The van der Waals surface area contributed by atoms with Crippen LogP contribution in [0.15, 0.2) is 72.5 Å². The second kappa shape index (κ2) is 9.45. The zero-order valence-corrected chi connectivity index (χ0v) is 21.5. The van der Waals surface area contributed by atoms with E-state index in [1.807, 2.05) is 52.7 Å². The lowest BCUT2D eigenvalue weighted by molar-refractivity contribution is 0.122. The van der Waals surface area contributed by atoms with Crippen molar-refractivity contribution in [2.75, 3.05) is 18.9 Å². The molecule has 3 aromatic heterocycles. The first kappa shape index (κ1) is 23.4. The molecular formula is C29H26N6OS. The topological polar surface area (TPSA) is 79.1 Å². The first-order valence-electron chi connectivity index (χ1n) is 12.1. The summed E-state index contributed by atoms with van der Waals surface area (Å²) in [5, 5.41) is 17.4. The Balaban J connectivity index is 1.28. The quantitative estimate of drug-likeness (QED) is 0.339. The maximum absolute atomic E-state index is 10.7. The van der Waals surface area contributed by atoms with Crippen LogP contribution in [0.25, 0.3) is 16.7 Å². The van der Waals surface area contributed by atoms with E-state index in [1.54, 1.807) is 13.1 Å². The summed E-state index contributed by atoms with van der Waals surface area (Å²) >= 11 is 1.39. The van der Waals surface area contributed by atoms with Gasteiger partial charge in [-0.15, -0.1) is 11.3 Å². The van der Waals surface area contributed by atoms with Gasteiger partial charge in [0.15, 0.2) is 5.60 Å². The minimum atomic E-state index is -1.30. The first-order chi connectivity index (χ1) is 17.9. The highest BCUT2D eigenvalue weighted by atomic mass is 32.1. The lowest BCUT2D eigenvalue weighted by Crippen LogP contribution is -2.26. The van der Waals surface area contributed by atoms with E-state index in [0.717, 1.165) is 47.5 Å². The Kier molecular flexibility index (Phi) is 5.97. The standard InChI is InChI=1S/C29H26N6OS/c1-29(36,27-30-12-15-37-27)11-8-20-4-3-5-25(16-20)35-14-10-22-18-31-28(33-26(22)35)32-24-7-6-21-9-13-34(2)19-23(21)17-24/h3-7,10,12,14-18,36H,9,13,19H2,1-2H3,(H,31,32,33). The fourth-order valence-corrected chi connectivity index (χ4v) is 5.19. The highest BCUT2D eigenvalue weighted by Crippen LogP contribution is 2.26. The van der Waals surface area contributed by atoms with E-state index in [4.69, 9.17) is 4.98 Å². The number of thiazole rings is 1. The van der Waals surface area contributed by atoms with Crippen LogP contribution in [0.1, 0.15) is 28.6 Å². The second-order valence-electron chi connectivity index (χ2n) is 9.46. The van der Waals surface area contributed by atoms with E-state index in [1.165, 1.54) is 22.5 Å². The van der Waals surface area contributed by atoms with Gasteiger partial charge in [-0.05, 0) is 67.9 Å². The highest BCUT2D eigenvalue weighted by molar-refractivity contribution is 7.09. The molecule has 1 aliphatic heterocycles. The zero-order valence-electron chi connectivity index (χ0n) is 20.6. The van der Waals surface area contributed by atoms with Crippen LogP contribution in [0, 0.1) is 11.8 Å². The van der Waals surface area contributed by atoms with Gasteiger partial charge in [0.2, 0.25) is 5.95 Å². The molecule has 0 spiro atoms. The maximum atomic E-state index is 10.7. The summed E-state index contributed by atoms with van der Waals surface area (Å²) in [6.45, 7) is 3.70. The Hall–Kier alpha value is -4.03. The van der Waals surface area contributed by atoms with Gasteiger partial charge in [-0.25, -0.2) is 9.97 Å². The largest absolute Gasteiger partial charge is 0.371 e. The smallest absolute Gasteiger partial charge is 0.229 e. The number of nitrogens with one attached hydrogen (secondary N) is 1. The van der Waals surface area contributed by atoms with Gasteiger partial charge in [-0.1, -0.05) is 24.0 Å². The molecule has 1 aliphatic rings. The summed E-state index contributed by atoms with van der Waals surface area (Å²) in [4.78, 5) is 15.9. The predicted octanol–water partition coefficient (Wildman–Crippen LogP) is 4.87. The third-order valence-electron chi connectivity index (χ3n) is 6.52. The van der Waals surface area contributed by atoms with Crippen LogP contribution < -0.4 is 5.32 Å². The molecule has 7 nitrogen and oxygen atoms in total. The van der Waals surface area contributed by atoms with Crippen molar-refractivity contribution in [1.29, 1.82) is 0 Å². The highest BCUT2D eigenvalue weighted by Gasteiger charge is 2.22. The molecule has 0 radical (unpaired) electrons. The average molecular weight is 507 g/mol. The lowest BCUT2D eigenvalue weighted by atomic mass is 9.99. The summed E-state index contributed by atoms with van der Waals surface area (Å²) in [6, 6.07) is 16.4. The van der Waals surface area contributed by atoms with E-state index < -0.39 is 5.60 Å². The van der Waals surface area contributed by atoms with Gasteiger partial charge >= 0.3 is 0 Å². The van der Waals surface area contributed by atoms with E-state index in [0.29, 0.717) is 11.0 Å². The van der Waals surface area contributed by atoms with Crippen LogP contribution in [0.2, 0.25) is 0 Å². The minimum absolute atomic E-state index is 0.548. The van der Waals surface area contributed by atoms with Gasteiger partial charge in [0, 0.05) is 59.4 Å². The molecule has 2 aromatic carbocycles. The molecular weight excluding hydrogens is 480 g/mol. The Morgan fingerprint density at radius 1 is 1.11 bits per heavy atom. The van der Waals surface area contributed by atoms with Crippen LogP contribution in [-0.2, 0) is 18.6 Å². The molecule has 1 atom stereocenters. The molecule has 1 unspecified atom stereocenters. The van der Waals surface area contributed by atoms with E-state index in [2.05, 4.69) is 57.3 Å². The number of hydrogen-bond acceptors (Lipinski definition) is 7. The molecule has 0 saturated carbocycles. The lowest BCUT2D eigenvalue weighted by Gasteiger charge is -2.25. The van der Waals surface area contributed by atoms with E-state index in [-0.39, 0.29) is 0 Å². The fourth-order valence-electron chi connectivity index (χ4n) is 4.54. The number of anilines is 2. The molecule has 8 heteroatoms. The normalized spacial score (nSPS) is 15.0. The van der Waals surface area contributed by atoms with Crippen molar-refractivity contribution in [3.8, 4) is 17.5 Å². The number of benzene rings is 2. The zero-order chi connectivity index (χ0) is 25.4. The van der Waals surface area contributed by atoms with Gasteiger partial charge in [0.1, 0.15) is 10.7 Å². The summed E-state index contributed by atoms with van der Waals surface area (Å²) in [5.74, 6) is 6.60. The molecule has 184 valence electrons. The maximum Gasteiger partial charge on any atom is 0.229 e. The van der Waals surface area contributed by atoms with E-state index in [9.17, 15) is 5.11 Å². The number of rotatable bonds is 4. The number of aliphatic hydroxyl groups is 1. The van der Waals surface area contributed by atoms with Gasteiger partial charge in [-0.2, -0.15) is 4.98 Å². The molecule has 0 aliphatic carbocycles. The van der Waals surface area contributed by atoms with Gasteiger partial charge in [0.25, 0.3) is 0 Å². The van der Waals surface area contributed by atoms with E-state index >= 15 is 0 Å². The van der Waals surface area contributed by atoms with Crippen LogP contribution in [0.5, 0.6) is 0 Å². The number of likely N-dealkylation sites (N-methyl/N-ethyl adjacent to an activating group) is 1. The van der Waals surface area contributed by atoms with Crippen molar-refractivity contribution >= 4 is 34.0 Å². The molecule has 5 aromatic rings. The summed E-state index contributed by atoms with van der Waals surface area (Å²) < 4.78 is 2.02. The van der Waals surface area contributed by atoms with Crippen molar-refractivity contribution in [2.45, 2.75) is 25.5 Å². The third-order valence-corrected chi connectivity index (χ3v) is 7.50. The Morgan fingerprint density at radius 2 is 2.03 bits per heavy atom. The van der Waals surface area contributed by atoms with Crippen LogP contribution >= 0.6 is 11.3 Å². The molecule has 2 N–H and O–H groups in total. The van der Waals surface area contributed by atoms with Gasteiger partial charge < -0.3 is 19.9 Å². The van der Waals surface area contributed by atoms with Crippen LogP contribution in [0.3, 0.4) is 0 Å². The van der Waals surface area contributed by atoms with Crippen molar-refractivity contribution in [2.24, 2.45) is 0 Å². The Bertz CT molecular complexity index is 1640. The minimum Gasteiger partial charge on any atom is -0.371 e. The third kappa shape index (κ3) is 4.85. The molecule has 4 heterocycles. The number of fused-ring (bicyclic) bond motifs is 2. The Morgan fingerprint density at radius 3 is 2.89 bits per heavy atom. The molecule has 37 heavy (non-hydrogen) atoms. The SMILES string of the molecule is CN1CCc2ccc(Nc3ncc4ccn(-c5cccc(C#CC(C)(O)c6nccs6)c5)c4n3)cc2C1. The monoisotopic (exact) mass is 506 g/mol. The molecule has 6 rings (SSSR count). The molecule has 0 amide bonds. The van der Waals surface area contributed by atoms with Crippen LogP contribution in [0.4, 0.5) is 11.6 Å². The molecule has 0 saturated heterocycles. The van der Waals surface area contributed by atoms with Crippen molar-refractivity contribution in [3.63, 3.8) is 0 Å².